The minimum absolute atomic E-state index is 0.320. The normalized spacial score (nSPS) is 12.9. The van der Waals surface area contributed by atoms with E-state index in [4.69, 9.17) is 11.6 Å². The highest BCUT2D eigenvalue weighted by molar-refractivity contribution is 6.20. The average molecular weight is 147 g/mol. The van der Waals surface area contributed by atoms with E-state index in [1.54, 1.807) is 0 Å². The van der Waals surface area contributed by atoms with Crippen molar-refractivity contribution in [3.8, 4) is 0 Å². The van der Waals surface area contributed by atoms with Crippen molar-refractivity contribution in [2.75, 3.05) is 0 Å². The fourth-order valence-electron chi connectivity index (χ4n) is 0.602. The van der Waals surface area contributed by atoms with Gasteiger partial charge in [0, 0.05) is 5.38 Å². The topological polar surface area (TPSA) is 0 Å². The third-order valence-electron chi connectivity index (χ3n) is 1.12. The summed E-state index contributed by atoms with van der Waals surface area (Å²) in [4.78, 5) is 0. The zero-order valence-electron chi connectivity index (χ0n) is 6.45. The zero-order chi connectivity index (χ0) is 7.28. The molecule has 0 N–H and O–H groups in total. The summed E-state index contributed by atoms with van der Waals surface area (Å²) in [6, 6.07) is 0. The van der Waals surface area contributed by atoms with Crippen LogP contribution in [0.25, 0.3) is 0 Å². The largest absolute Gasteiger partial charge is 0.123 e. The maximum atomic E-state index is 5.73. The molecule has 0 unspecified atom stereocenters. The Kier molecular flexibility index (Phi) is 4.88. The number of rotatable bonds is 3. The Morgan fingerprint density at radius 1 is 1.56 bits per heavy atom. The van der Waals surface area contributed by atoms with Gasteiger partial charge in [-0.1, -0.05) is 11.6 Å². The van der Waals surface area contributed by atoms with E-state index in [0.717, 1.165) is 12.8 Å². The second-order valence-corrected chi connectivity index (χ2v) is 3.38. The van der Waals surface area contributed by atoms with Gasteiger partial charge in [-0.05, 0) is 33.6 Å². The van der Waals surface area contributed by atoms with Gasteiger partial charge in [0.15, 0.2) is 0 Å². The van der Waals surface area contributed by atoms with Gasteiger partial charge in [-0.25, -0.2) is 0 Å². The lowest BCUT2D eigenvalue weighted by Gasteiger charge is -1.97. The second-order valence-electron chi connectivity index (χ2n) is 2.64. The Morgan fingerprint density at radius 2 is 2.11 bits per heavy atom. The Hall–Kier alpha value is 0.0300. The van der Waals surface area contributed by atoms with E-state index in [0.29, 0.717) is 5.38 Å². The van der Waals surface area contributed by atoms with Crippen molar-refractivity contribution in [1.82, 2.24) is 0 Å². The van der Waals surface area contributed by atoms with Crippen molar-refractivity contribution >= 4 is 11.6 Å². The molecular formula is C8H15Cl. The SMILES string of the molecule is CC(C)=CCC[C@@H](C)Cl. The molecular weight excluding hydrogens is 132 g/mol. The van der Waals surface area contributed by atoms with Crippen LogP contribution in [0.2, 0.25) is 0 Å². The number of alkyl halides is 1. The van der Waals surface area contributed by atoms with Crippen LogP contribution >= 0.6 is 11.6 Å². The predicted molar refractivity (Wildman–Crippen MR) is 44.0 cm³/mol. The quantitative estimate of drug-likeness (QED) is 0.423. The van der Waals surface area contributed by atoms with Gasteiger partial charge in [-0.2, -0.15) is 0 Å². The van der Waals surface area contributed by atoms with E-state index < -0.39 is 0 Å². The van der Waals surface area contributed by atoms with Crippen LogP contribution in [0.15, 0.2) is 11.6 Å². The molecule has 0 saturated carbocycles. The first kappa shape index (κ1) is 9.03. The maximum Gasteiger partial charge on any atom is 0.0310 e. The smallest absolute Gasteiger partial charge is 0.0310 e. The highest BCUT2D eigenvalue weighted by Gasteiger charge is 1.91. The molecule has 0 spiro atoms. The van der Waals surface area contributed by atoms with Gasteiger partial charge in [0.25, 0.3) is 0 Å². The van der Waals surface area contributed by atoms with Gasteiger partial charge in [-0.15, -0.1) is 11.6 Å². The van der Waals surface area contributed by atoms with Crippen LogP contribution in [-0.4, -0.2) is 5.38 Å². The Bertz CT molecular complexity index is 88.7. The lowest BCUT2D eigenvalue weighted by molar-refractivity contribution is 0.819. The summed E-state index contributed by atoms with van der Waals surface area (Å²) < 4.78 is 0. The third kappa shape index (κ3) is 8.03. The first-order valence-electron chi connectivity index (χ1n) is 3.40. The lowest BCUT2D eigenvalue weighted by atomic mass is 10.2. The summed E-state index contributed by atoms with van der Waals surface area (Å²) in [6.45, 7) is 6.25. The molecule has 0 amide bonds. The second kappa shape index (κ2) is 4.87. The van der Waals surface area contributed by atoms with Crippen LogP contribution in [0.3, 0.4) is 0 Å². The highest BCUT2D eigenvalue weighted by Crippen LogP contribution is 2.05. The molecule has 0 heterocycles. The van der Waals surface area contributed by atoms with Crippen molar-refractivity contribution in [3.05, 3.63) is 11.6 Å². The highest BCUT2D eigenvalue weighted by atomic mass is 35.5. The van der Waals surface area contributed by atoms with Gasteiger partial charge in [0.2, 0.25) is 0 Å². The minimum Gasteiger partial charge on any atom is -0.123 e. The summed E-state index contributed by atoms with van der Waals surface area (Å²) in [6.07, 6.45) is 4.43. The molecule has 0 bridgehead atoms. The zero-order valence-corrected chi connectivity index (χ0v) is 7.20. The predicted octanol–water partition coefficient (Wildman–Crippen LogP) is 3.36. The van der Waals surface area contributed by atoms with Crippen molar-refractivity contribution in [1.29, 1.82) is 0 Å². The van der Waals surface area contributed by atoms with Crippen LogP contribution < -0.4 is 0 Å². The summed E-state index contributed by atoms with van der Waals surface area (Å²) >= 11 is 5.73. The van der Waals surface area contributed by atoms with Gasteiger partial charge in [0.05, 0.1) is 0 Å². The van der Waals surface area contributed by atoms with Crippen molar-refractivity contribution in [2.45, 2.75) is 39.0 Å². The van der Waals surface area contributed by atoms with Crippen LogP contribution in [-0.2, 0) is 0 Å². The molecule has 1 heteroatoms. The summed E-state index contributed by atoms with van der Waals surface area (Å²) in [5.41, 5.74) is 1.38. The molecule has 0 aromatic rings. The molecule has 0 radical (unpaired) electrons. The van der Waals surface area contributed by atoms with Crippen LogP contribution in [0.1, 0.15) is 33.6 Å². The fraction of sp³-hybridized carbons (Fsp3) is 0.750. The third-order valence-corrected chi connectivity index (χ3v) is 1.34. The number of hydrogen-bond donors (Lipinski definition) is 0. The molecule has 0 saturated heterocycles. The van der Waals surface area contributed by atoms with E-state index in [1.807, 2.05) is 6.92 Å². The number of halogens is 1. The molecule has 0 nitrogen and oxygen atoms in total. The Morgan fingerprint density at radius 3 is 2.44 bits per heavy atom. The van der Waals surface area contributed by atoms with Crippen LogP contribution in [0.4, 0.5) is 0 Å². The Labute approximate surface area is 62.9 Å². The van der Waals surface area contributed by atoms with Crippen molar-refractivity contribution in [2.24, 2.45) is 0 Å². The molecule has 9 heavy (non-hydrogen) atoms. The van der Waals surface area contributed by atoms with Crippen LogP contribution in [0, 0.1) is 0 Å². The molecule has 0 aromatic carbocycles. The fourth-order valence-corrected chi connectivity index (χ4v) is 0.728. The molecule has 54 valence electrons. The molecule has 0 rings (SSSR count). The summed E-state index contributed by atoms with van der Waals surface area (Å²) in [5, 5.41) is 0.320. The number of allylic oxidation sites excluding steroid dienone is 2. The number of hydrogen-bond acceptors (Lipinski definition) is 0. The van der Waals surface area contributed by atoms with E-state index in [9.17, 15) is 0 Å². The minimum atomic E-state index is 0.320. The van der Waals surface area contributed by atoms with Gasteiger partial charge in [-0.3, -0.25) is 0 Å². The van der Waals surface area contributed by atoms with Gasteiger partial charge >= 0.3 is 0 Å². The average Bonchev–Trinajstić information content (AvgIpc) is 1.63. The molecule has 1 atom stereocenters. The standard InChI is InChI=1S/C8H15Cl/c1-7(2)5-4-6-8(3)9/h5,8H,4,6H2,1-3H3/t8-/m1/s1. The van der Waals surface area contributed by atoms with Crippen LogP contribution in [0.5, 0.6) is 0 Å². The first-order valence-corrected chi connectivity index (χ1v) is 3.84. The van der Waals surface area contributed by atoms with E-state index in [2.05, 4.69) is 19.9 Å². The van der Waals surface area contributed by atoms with E-state index in [-0.39, 0.29) is 0 Å². The molecule has 0 aliphatic rings. The molecule has 0 aromatic heterocycles. The summed E-state index contributed by atoms with van der Waals surface area (Å²) in [5.74, 6) is 0. The van der Waals surface area contributed by atoms with Gasteiger partial charge < -0.3 is 0 Å². The first-order chi connectivity index (χ1) is 4.13. The molecule has 0 aliphatic heterocycles. The Balaban J connectivity index is 3.20. The molecule has 0 fully saturated rings. The van der Waals surface area contributed by atoms with Gasteiger partial charge in [0.1, 0.15) is 0 Å². The summed E-state index contributed by atoms with van der Waals surface area (Å²) in [7, 11) is 0. The van der Waals surface area contributed by atoms with Crippen molar-refractivity contribution < 1.29 is 0 Å². The maximum absolute atomic E-state index is 5.73. The monoisotopic (exact) mass is 146 g/mol. The molecule has 0 aliphatic carbocycles. The van der Waals surface area contributed by atoms with E-state index >= 15 is 0 Å². The lowest BCUT2D eigenvalue weighted by Crippen LogP contribution is -1.87. The van der Waals surface area contributed by atoms with E-state index in [1.165, 1.54) is 5.57 Å². The van der Waals surface area contributed by atoms with Crippen molar-refractivity contribution in [3.63, 3.8) is 0 Å².